The number of hydrogen-bond acceptors (Lipinski definition) is 5. The second-order valence-corrected chi connectivity index (χ2v) is 7.27. The Kier molecular flexibility index (Phi) is 5.27. The Morgan fingerprint density at radius 3 is 2.94 bits per heavy atom. The van der Waals surface area contributed by atoms with Gasteiger partial charge in [-0.05, 0) is 31.2 Å². The Hall–Kier alpha value is -3.97. The van der Waals surface area contributed by atoms with Crippen LogP contribution in [0, 0.1) is 17.1 Å². The van der Waals surface area contributed by atoms with Gasteiger partial charge in [0.1, 0.15) is 28.8 Å². The van der Waals surface area contributed by atoms with E-state index in [4.69, 9.17) is 16.9 Å². The molecule has 3 heterocycles. The molecule has 1 atom stereocenters. The summed E-state index contributed by atoms with van der Waals surface area (Å²) in [5, 5.41) is 16.1. The van der Waals surface area contributed by atoms with Crippen molar-refractivity contribution in [1.29, 1.82) is 5.26 Å². The van der Waals surface area contributed by atoms with Crippen LogP contribution in [-0.4, -0.2) is 36.1 Å². The molecule has 3 aromatic heterocycles. The fourth-order valence-corrected chi connectivity index (χ4v) is 3.36. The van der Waals surface area contributed by atoms with Crippen molar-refractivity contribution in [3.63, 3.8) is 0 Å². The molecule has 0 fully saturated rings. The number of nitrogens with one attached hydrogen (secondary N) is 2. The van der Waals surface area contributed by atoms with E-state index in [0.29, 0.717) is 23.4 Å². The van der Waals surface area contributed by atoms with E-state index in [1.807, 2.05) is 0 Å². The van der Waals surface area contributed by atoms with Crippen molar-refractivity contribution in [2.75, 3.05) is 0 Å². The van der Waals surface area contributed by atoms with E-state index in [2.05, 4.69) is 20.4 Å². The Balaban J connectivity index is 1.46. The van der Waals surface area contributed by atoms with Crippen molar-refractivity contribution in [2.24, 2.45) is 0 Å². The first-order valence-electron chi connectivity index (χ1n) is 9.16. The number of fused-ring (bicyclic) bond motifs is 1. The fourth-order valence-electron chi connectivity index (χ4n) is 3.11. The van der Waals surface area contributed by atoms with Gasteiger partial charge < -0.3 is 10.3 Å². The topological polar surface area (TPSA) is 121 Å². The summed E-state index contributed by atoms with van der Waals surface area (Å²) in [7, 11) is 0. The number of carbonyl (C=O) groups excluding carboxylic acids is 1. The molecule has 1 aromatic carbocycles. The molecule has 0 bridgehead atoms. The van der Waals surface area contributed by atoms with Crippen LogP contribution < -0.4 is 11.0 Å². The minimum absolute atomic E-state index is 0.0129. The van der Waals surface area contributed by atoms with Crippen molar-refractivity contribution in [3.8, 4) is 17.3 Å². The third-order valence-electron chi connectivity index (χ3n) is 4.55. The van der Waals surface area contributed by atoms with Gasteiger partial charge in [0.2, 0.25) is 0 Å². The number of carbonyl (C=O) groups is 1. The van der Waals surface area contributed by atoms with Gasteiger partial charge in [-0.15, -0.1) is 0 Å². The molecule has 0 aliphatic heterocycles. The summed E-state index contributed by atoms with van der Waals surface area (Å²) in [5.41, 5.74) is 0.796. The number of H-pyrrole nitrogens is 1. The van der Waals surface area contributed by atoms with E-state index in [-0.39, 0.29) is 28.0 Å². The normalized spacial score (nSPS) is 11.9. The van der Waals surface area contributed by atoms with Crippen LogP contribution in [-0.2, 0) is 6.54 Å². The van der Waals surface area contributed by atoms with Gasteiger partial charge in [-0.3, -0.25) is 13.9 Å². The number of rotatable bonds is 5. The first-order chi connectivity index (χ1) is 14.9. The predicted octanol–water partition coefficient (Wildman–Crippen LogP) is 2.37. The van der Waals surface area contributed by atoms with Gasteiger partial charge >= 0.3 is 5.69 Å². The lowest BCUT2D eigenvalue weighted by atomic mass is 10.1. The molecule has 1 unspecified atom stereocenters. The predicted molar refractivity (Wildman–Crippen MR) is 110 cm³/mol. The molecular formula is C20H15ClFN7O2. The molecule has 0 saturated carbocycles. The second kappa shape index (κ2) is 8.04. The first kappa shape index (κ1) is 20.3. The maximum Gasteiger partial charge on any atom is 0.331 e. The number of benzene rings is 1. The number of aromatic nitrogens is 5. The number of halogens is 2. The van der Waals surface area contributed by atoms with Crippen molar-refractivity contribution < 1.29 is 9.18 Å². The zero-order valence-corrected chi connectivity index (χ0v) is 16.9. The van der Waals surface area contributed by atoms with Gasteiger partial charge in [0.25, 0.3) is 5.91 Å². The smallest absolute Gasteiger partial charge is 0.331 e. The lowest BCUT2D eigenvalue weighted by Gasteiger charge is -2.13. The lowest BCUT2D eigenvalue weighted by molar-refractivity contribution is 0.0931. The monoisotopic (exact) mass is 439 g/mol. The highest BCUT2D eigenvalue weighted by Crippen LogP contribution is 2.26. The number of amides is 1. The molecule has 2 N–H and O–H groups in total. The summed E-state index contributed by atoms with van der Waals surface area (Å²) in [4.78, 5) is 30.9. The van der Waals surface area contributed by atoms with Crippen LogP contribution in [0.4, 0.5) is 4.39 Å². The molecule has 11 heteroatoms. The van der Waals surface area contributed by atoms with E-state index in [1.165, 1.54) is 28.9 Å². The summed E-state index contributed by atoms with van der Waals surface area (Å²) >= 11 is 5.96. The molecule has 156 valence electrons. The molecule has 1 amide bonds. The Bertz CT molecular complexity index is 1380. The van der Waals surface area contributed by atoms with Gasteiger partial charge in [-0.1, -0.05) is 11.6 Å². The zero-order valence-electron chi connectivity index (χ0n) is 16.1. The van der Waals surface area contributed by atoms with Crippen LogP contribution in [0.15, 0.2) is 47.7 Å². The molecule has 31 heavy (non-hydrogen) atoms. The standard InChI is InChI=1S/C20H15ClFN7O2/c1-11(25-19(30)17-10-29-18(26-17)2-4-24-20(29)31)9-28-5-3-16(27-28)12-6-14(21)13(8-23)15(22)7-12/h2-7,10-11H,9H2,1H3,(H,24,31)(H,25,30). The van der Waals surface area contributed by atoms with Crippen LogP contribution in [0.1, 0.15) is 23.0 Å². The minimum Gasteiger partial charge on any atom is -0.346 e. The average Bonchev–Trinajstić information content (AvgIpc) is 3.35. The van der Waals surface area contributed by atoms with Gasteiger partial charge in [0, 0.05) is 30.2 Å². The maximum atomic E-state index is 14.0. The summed E-state index contributed by atoms with van der Waals surface area (Å²) in [6, 6.07) is 7.35. The van der Waals surface area contributed by atoms with Crippen LogP contribution in [0.2, 0.25) is 5.02 Å². The van der Waals surface area contributed by atoms with Crippen molar-refractivity contribution >= 4 is 23.2 Å². The molecule has 9 nitrogen and oxygen atoms in total. The third-order valence-corrected chi connectivity index (χ3v) is 4.85. The van der Waals surface area contributed by atoms with Crippen LogP contribution in [0.3, 0.4) is 0 Å². The van der Waals surface area contributed by atoms with Crippen LogP contribution in [0.25, 0.3) is 16.9 Å². The van der Waals surface area contributed by atoms with Crippen molar-refractivity contribution in [3.05, 3.63) is 75.4 Å². The third kappa shape index (κ3) is 4.04. The zero-order chi connectivity index (χ0) is 22.1. The summed E-state index contributed by atoms with van der Waals surface area (Å²) in [6.45, 7) is 2.13. The van der Waals surface area contributed by atoms with Crippen LogP contribution in [0.5, 0.6) is 0 Å². The van der Waals surface area contributed by atoms with Gasteiger partial charge in [0.05, 0.1) is 17.3 Å². The maximum absolute atomic E-state index is 14.0. The largest absolute Gasteiger partial charge is 0.346 e. The molecule has 0 spiro atoms. The van der Waals surface area contributed by atoms with Gasteiger partial charge in [-0.2, -0.15) is 10.4 Å². The second-order valence-electron chi connectivity index (χ2n) is 6.86. The van der Waals surface area contributed by atoms with E-state index < -0.39 is 11.7 Å². The number of imidazole rings is 1. The van der Waals surface area contributed by atoms with E-state index in [1.54, 1.807) is 36.0 Å². The number of aromatic amines is 1. The SMILES string of the molecule is CC(Cn1ccc(-c2cc(F)c(C#N)c(Cl)c2)n1)NC(=O)c1cn2c(=O)[nH]ccc2n1. The molecule has 4 rings (SSSR count). The van der Waals surface area contributed by atoms with Crippen molar-refractivity contribution in [1.82, 2.24) is 29.5 Å². The quantitative estimate of drug-likeness (QED) is 0.494. The van der Waals surface area contributed by atoms with Crippen LogP contribution >= 0.6 is 11.6 Å². The fraction of sp³-hybridized carbons (Fsp3) is 0.150. The summed E-state index contributed by atoms with van der Waals surface area (Å²) in [5.74, 6) is -1.14. The van der Waals surface area contributed by atoms with Gasteiger partial charge in [0.15, 0.2) is 0 Å². The highest BCUT2D eigenvalue weighted by molar-refractivity contribution is 6.32. The van der Waals surface area contributed by atoms with E-state index in [0.717, 1.165) is 0 Å². The number of nitrogens with zero attached hydrogens (tertiary/aromatic N) is 5. The molecule has 0 aliphatic rings. The number of hydrogen-bond donors (Lipinski definition) is 2. The molecule has 0 aliphatic carbocycles. The molecule has 0 saturated heterocycles. The molecule has 0 radical (unpaired) electrons. The first-order valence-corrected chi connectivity index (χ1v) is 9.54. The Morgan fingerprint density at radius 1 is 1.42 bits per heavy atom. The van der Waals surface area contributed by atoms with E-state index >= 15 is 0 Å². The molecular weight excluding hydrogens is 425 g/mol. The average molecular weight is 440 g/mol. The Morgan fingerprint density at radius 2 is 2.23 bits per heavy atom. The van der Waals surface area contributed by atoms with E-state index in [9.17, 15) is 14.0 Å². The van der Waals surface area contributed by atoms with Gasteiger partial charge in [-0.25, -0.2) is 14.2 Å². The van der Waals surface area contributed by atoms with Crippen molar-refractivity contribution in [2.45, 2.75) is 19.5 Å². The number of nitriles is 1. The Labute approximate surface area is 179 Å². The molecule has 4 aromatic rings. The minimum atomic E-state index is -0.716. The summed E-state index contributed by atoms with van der Waals surface area (Å²) in [6.07, 6.45) is 4.51. The lowest BCUT2D eigenvalue weighted by Crippen LogP contribution is -2.36. The highest BCUT2D eigenvalue weighted by Gasteiger charge is 2.16. The summed E-state index contributed by atoms with van der Waals surface area (Å²) < 4.78 is 16.8. The highest BCUT2D eigenvalue weighted by atomic mass is 35.5.